The van der Waals surface area contributed by atoms with Gasteiger partial charge in [-0.3, -0.25) is 0 Å². The van der Waals surface area contributed by atoms with Crippen molar-refractivity contribution in [1.82, 2.24) is 5.32 Å². The quantitative estimate of drug-likeness (QED) is 0.791. The second-order valence-corrected chi connectivity index (χ2v) is 6.61. The van der Waals surface area contributed by atoms with Crippen molar-refractivity contribution in [3.8, 4) is 5.75 Å². The number of rotatable bonds is 6. The molecule has 0 fully saturated rings. The molecular weight excluding hydrogens is 355 g/mol. The summed E-state index contributed by atoms with van der Waals surface area (Å²) in [7, 11) is 1.12. The van der Waals surface area contributed by atoms with Crippen LogP contribution in [0.15, 0.2) is 18.2 Å². The Kier molecular flexibility index (Phi) is 6.88. The molecule has 0 heterocycles. The average molecular weight is 377 g/mol. The minimum atomic E-state index is -4.55. The number of amides is 1. The maximum atomic E-state index is 12.8. The number of methoxy groups -OCH3 is 1. The molecule has 9 heteroatoms. The molecule has 1 rings (SSSR count). The van der Waals surface area contributed by atoms with Crippen LogP contribution in [0.25, 0.3) is 0 Å². The molecule has 1 amide bonds. The molecule has 2 N–H and O–H groups in total. The molecule has 0 bridgehead atoms. The number of carboxylic acid groups (broad SMARTS) is 1. The van der Waals surface area contributed by atoms with E-state index in [1.165, 1.54) is 12.1 Å². The minimum absolute atomic E-state index is 0.0247. The molecule has 0 aliphatic carbocycles. The third kappa shape index (κ3) is 6.81. The van der Waals surface area contributed by atoms with Crippen LogP contribution in [-0.2, 0) is 22.1 Å². The fourth-order valence-corrected chi connectivity index (χ4v) is 2.14. The lowest BCUT2D eigenvalue weighted by molar-refractivity contribution is -0.140. The number of hydrogen-bond donors (Lipinski definition) is 2. The summed E-state index contributed by atoms with van der Waals surface area (Å²) >= 11 is 0. The molecule has 1 aromatic carbocycles. The van der Waals surface area contributed by atoms with Crippen LogP contribution in [0, 0.1) is 0 Å². The molecule has 26 heavy (non-hydrogen) atoms. The number of halogens is 3. The SMILES string of the molecule is COc1cc(CC[C@H](NC(=O)OC(C)(C)C)C(=O)O)ccc1C(F)(F)F. The molecule has 0 saturated heterocycles. The van der Waals surface area contributed by atoms with Gasteiger partial charge in [-0.05, 0) is 51.3 Å². The van der Waals surface area contributed by atoms with Gasteiger partial charge in [0.15, 0.2) is 0 Å². The van der Waals surface area contributed by atoms with Crippen LogP contribution < -0.4 is 10.1 Å². The summed E-state index contributed by atoms with van der Waals surface area (Å²) < 4.78 is 48.3. The first-order chi connectivity index (χ1) is 11.8. The smallest absolute Gasteiger partial charge is 0.419 e. The second-order valence-electron chi connectivity index (χ2n) is 6.61. The first kappa shape index (κ1) is 21.6. The highest BCUT2D eigenvalue weighted by Crippen LogP contribution is 2.36. The normalized spacial score (nSPS) is 13.0. The number of hydrogen-bond acceptors (Lipinski definition) is 4. The number of benzene rings is 1. The Balaban J connectivity index is 2.81. The molecule has 6 nitrogen and oxygen atoms in total. The van der Waals surface area contributed by atoms with Gasteiger partial charge >= 0.3 is 18.2 Å². The average Bonchev–Trinajstić information content (AvgIpc) is 2.47. The van der Waals surface area contributed by atoms with Gasteiger partial charge in [-0.1, -0.05) is 6.07 Å². The predicted molar refractivity (Wildman–Crippen MR) is 87.1 cm³/mol. The van der Waals surface area contributed by atoms with E-state index < -0.39 is 35.4 Å². The number of carboxylic acids is 1. The van der Waals surface area contributed by atoms with Crippen LogP contribution in [-0.4, -0.2) is 35.9 Å². The molecule has 0 spiro atoms. The van der Waals surface area contributed by atoms with E-state index in [9.17, 15) is 27.9 Å². The zero-order valence-corrected chi connectivity index (χ0v) is 14.9. The maximum absolute atomic E-state index is 12.8. The van der Waals surface area contributed by atoms with Crippen LogP contribution in [0.5, 0.6) is 5.75 Å². The summed E-state index contributed by atoms with van der Waals surface area (Å²) in [6.45, 7) is 4.91. The fourth-order valence-electron chi connectivity index (χ4n) is 2.14. The lowest BCUT2D eigenvalue weighted by Gasteiger charge is -2.22. The Labute approximate surface area is 149 Å². The summed E-state index contributed by atoms with van der Waals surface area (Å²) in [6, 6.07) is 2.09. The van der Waals surface area contributed by atoms with Crippen LogP contribution in [0.1, 0.15) is 38.3 Å². The Bertz CT molecular complexity index is 653. The van der Waals surface area contributed by atoms with Gasteiger partial charge in [0, 0.05) is 0 Å². The van der Waals surface area contributed by atoms with Crippen molar-refractivity contribution >= 4 is 12.1 Å². The first-order valence-corrected chi connectivity index (χ1v) is 7.80. The number of alkyl carbamates (subject to hydrolysis) is 1. The van der Waals surface area contributed by atoms with Crippen LogP contribution in [0.2, 0.25) is 0 Å². The van der Waals surface area contributed by atoms with E-state index in [-0.39, 0.29) is 18.6 Å². The van der Waals surface area contributed by atoms with E-state index in [1.54, 1.807) is 20.8 Å². The van der Waals surface area contributed by atoms with Crippen molar-refractivity contribution in [2.75, 3.05) is 7.11 Å². The monoisotopic (exact) mass is 377 g/mol. The zero-order chi connectivity index (χ0) is 20.1. The highest BCUT2D eigenvalue weighted by atomic mass is 19.4. The summed E-state index contributed by atoms with van der Waals surface area (Å²) in [5.74, 6) is -1.61. The Morgan fingerprint density at radius 2 is 1.85 bits per heavy atom. The Morgan fingerprint density at radius 3 is 2.31 bits per heavy atom. The van der Waals surface area contributed by atoms with Crippen molar-refractivity contribution in [3.05, 3.63) is 29.3 Å². The summed E-state index contributed by atoms with van der Waals surface area (Å²) in [5.41, 5.74) is -1.24. The first-order valence-electron chi connectivity index (χ1n) is 7.80. The van der Waals surface area contributed by atoms with Gasteiger partial charge < -0.3 is 19.9 Å². The van der Waals surface area contributed by atoms with Crippen molar-refractivity contribution in [1.29, 1.82) is 0 Å². The number of carbonyl (C=O) groups excluding carboxylic acids is 1. The number of alkyl halides is 3. The van der Waals surface area contributed by atoms with E-state index >= 15 is 0 Å². The van der Waals surface area contributed by atoms with Crippen LogP contribution in [0.3, 0.4) is 0 Å². The lowest BCUT2D eigenvalue weighted by Crippen LogP contribution is -2.43. The standard InChI is InChI=1S/C17H22F3NO5/c1-16(2,3)26-15(24)21-12(14(22)23)8-6-10-5-7-11(17(18,19)20)13(9-10)25-4/h5,7,9,12H,6,8H2,1-4H3,(H,21,24)(H,22,23)/t12-/m0/s1. The maximum Gasteiger partial charge on any atom is 0.419 e. The van der Waals surface area contributed by atoms with Crippen LogP contribution in [0.4, 0.5) is 18.0 Å². The number of nitrogens with one attached hydrogen (secondary N) is 1. The highest BCUT2D eigenvalue weighted by molar-refractivity contribution is 5.80. The fraction of sp³-hybridized carbons (Fsp3) is 0.529. The summed E-state index contributed by atoms with van der Waals surface area (Å²) in [6.07, 6.45) is -5.33. The van der Waals surface area contributed by atoms with E-state index in [2.05, 4.69) is 5.32 Å². The largest absolute Gasteiger partial charge is 0.496 e. The van der Waals surface area contributed by atoms with Gasteiger partial charge in [0.2, 0.25) is 0 Å². The third-order valence-corrected chi connectivity index (χ3v) is 3.28. The Morgan fingerprint density at radius 1 is 1.23 bits per heavy atom. The third-order valence-electron chi connectivity index (χ3n) is 3.28. The topological polar surface area (TPSA) is 84.9 Å². The second kappa shape index (κ2) is 8.29. The number of aryl methyl sites for hydroxylation is 1. The molecule has 0 radical (unpaired) electrons. The minimum Gasteiger partial charge on any atom is -0.496 e. The lowest BCUT2D eigenvalue weighted by atomic mass is 10.0. The van der Waals surface area contributed by atoms with Crippen molar-refractivity contribution in [3.63, 3.8) is 0 Å². The van der Waals surface area contributed by atoms with Crippen LogP contribution >= 0.6 is 0 Å². The van der Waals surface area contributed by atoms with E-state index in [0.717, 1.165) is 13.2 Å². The van der Waals surface area contributed by atoms with Crippen molar-refractivity contribution in [2.45, 2.75) is 51.4 Å². The van der Waals surface area contributed by atoms with Crippen molar-refractivity contribution < 1.29 is 37.3 Å². The van der Waals surface area contributed by atoms with Gasteiger partial charge in [-0.2, -0.15) is 13.2 Å². The van der Waals surface area contributed by atoms with Gasteiger partial charge in [0.1, 0.15) is 17.4 Å². The predicted octanol–water partition coefficient (Wildman–Crippen LogP) is 3.62. The molecule has 1 aromatic rings. The number of aliphatic carboxylic acids is 1. The van der Waals surface area contributed by atoms with Crippen molar-refractivity contribution in [2.24, 2.45) is 0 Å². The summed E-state index contributed by atoms with van der Waals surface area (Å²) in [4.78, 5) is 23.0. The zero-order valence-electron chi connectivity index (χ0n) is 14.9. The highest BCUT2D eigenvalue weighted by Gasteiger charge is 2.34. The molecule has 0 unspecified atom stereocenters. The van der Waals surface area contributed by atoms with E-state index in [4.69, 9.17) is 9.47 Å². The molecule has 1 atom stereocenters. The van der Waals surface area contributed by atoms with Gasteiger partial charge in [0.25, 0.3) is 0 Å². The summed E-state index contributed by atoms with van der Waals surface area (Å²) in [5, 5.41) is 11.4. The molecule has 0 aliphatic rings. The van der Waals surface area contributed by atoms with E-state index in [0.29, 0.717) is 5.56 Å². The van der Waals surface area contributed by atoms with Gasteiger partial charge in [-0.15, -0.1) is 0 Å². The number of carbonyl (C=O) groups is 2. The molecule has 146 valence electrons. The van der Waals surface area contributed by atoms with E-state index in [1.807, 2.05) is 0 Å². The Hall–Kier alpha value is -2.45. The molecule has 0 saturated carbocycles. The van der Waals surface area contributed by atoms with Gasteiger partial charge in [0.05, 0.1) is 12.7 Å². The molecule has 0 aliphatic heterocycles. The van der Waals surface area contributed by atoms with Gasteiger partial charge in [-0.25, -0.2) is 9.59 Å². The number of ether oxygens (including phenoxy) is 2. The molecular formula is C17H22F3NO5. The molecule has 0 aromatic heterocycles.